The van der Waals surface area contributed by atoms with Gasteiger partial charge < -0.3 is 0 Å². The molecule has 0 spiro atoms. The van der Waals surface area contributed by atoms with Crippen molar-refractivity contribution in [1.82, 2.24) is 0 Å². The SMILES string of the molecule is O=S(=O)(O)c1ccccc1N=NBr. The zero-order valence-corrected chi connectivity index (χ0v) is 8.66. The molecule has 1 N–H and O–H groups in total. The fourth-order valence-electron chi connectivity index (χ4n) is 0.799. The summed E-state index contributed by atoms with van der Waals surface area (Å²) in [6.45, 7) is 0. The number of benzene rings is 1. The molecule has 0 bridgehead atoms. The fraction of sp³-hybridized carbons (Fsp3) is 0. The lowest BCUT2D eigenvalue weighted by atomic mass is 10.3. The minimum absolute atomic E-state index is 0.0851. The van der Waals surface area contributed by atoms with Crippen LogP contribution in [-0.2, 0) is 10.1 Å². The highest BCUT2D eigenvalue weighted by molar-refractivity contribution is 9.08. The summed E-state index contributed by atoms with van der Waals surface area (Å²) in [7, 11) is -4.23. The van der Waals surface area contributed by atoms with Crippen LogP contribution in [0.25, 0.3) is 0 Å². The minimum atomic E-state index is -4.23. The Kier molecular flexibility index (Phi) is 3.12. The van der Waals surface area contributed by atoms with E-state index in [9.17, 15) is 8.42 Å². The van der Waals surface area contributed by atoms with Crippen LogP contribution in [0.3, 0.4) is 0 Å². The molecule has 7 heteroatoms. The second-order valence-corrected chi connectivity index (χ2v) is 3.83. The van der Waals surface area contributed by atoms with Crippen molar-refractivity contribution in [2.24, 2.45) is 9.25 Å². The first-order valence-electron chi connectivity index (χ1n) is 3.14. The minimum Gasteiger partial charge on any atom is -0.282 e. The maximum absolute atomic E-state index is 10.8. The number of halogens is 1. The maximum atomic E-state index is 10.8. The molecule has 0 radical (unpaired) electrons. The molecule has 70 valence electrons. The van der Waals surface area contributed by atoms with E-state index in [-0.39, 0.29) is 10.6 Å². The summed E-state index contributed by atoms with van der Waals surface area (Å²) in [6.07, 6.45) is 0. The monoisotopic (exact) mass is 264 g/mol. The highest BCUT2D eigenvalue weighted by atomic mass is 79.9. The third-order valence-corrected chi connectivity index (χ3v) is 2.35. The van der Waals surface area contributed by atoms with E-state index in [1.807, 2.05) is 0 Å². The first-order chi connectivity index (χ1) is 6.05. The molecule has 0 aliphatic carbocycles. The summed E-state index contributed by atoms with van der Waals surface area (Å²) < 4.78 is 33.5. The molecule has 0 aliphatic rings. The highest BCUT2D eigenvalue weighted by Crippen LogP contribution is 2.23. The zero-order valence-electron chi connectivity index (χ0n) is 6.25. The van der Waals surface area contributed by atoms with Crippen molar-refractivity contribution >= 4 is 32.0 Å². The fourth-order valence-corrected chi connectivity index (χ4v) is 1.59. The van der Waals surface area contributed by atoms with Gasteiger partial charge in [-0.05, 0) is 12.1 Å². The van der Waals surface area contributed by atoms with Crippen molar-refractivity contribution in [3.63, 3.8) is 0 Å². The Hall–Kier alpha value is -0.790. The molecule has 13 heavy (non-hydrogen) atoms. The average molecular weight is 265 g/mol. The van der Waals surface area contributed by atoms with E-state index in [0.29, 0.717) is 0 Å². The van der Waals surface area contributed by atoms with Crippen LogP contribution in [-0.4, -0.2) is 13.0 Å². The summed E-state index contributed by atoms with van der Waals surface area (Å²) in [5, 5.41) is 3.48. The van der Waals surface area contributed by atoms with Crippen LogP contribution in [0, 0.1) is 0 Å². The third-order valence-electron chi connectivity index (χ3n) is 1.29. The predicted octanol–water partition coefficient (Wildman–Crippen LogP) is 2.33. The smallest absolute Gasteiger partial charge is 0.282 e. The molecule has 0 aromatic heterocycles. The van der Waals surface area contributed by atoms with E-state index in [1.54, 1.807) is 6.07 Å². The average Bonchev–Trinajstić information content (AvgIpc) is 2.04. The Balaban J connectivity index is 3.37. The molecular weight excluding hydrogens is 260 g/mol. The largest absolute Gasteiger partial charge is 0.296 e. The van der Waals surface area contributed by atoms with E-state index in [4.69, 9.17) is 4.55 Å². The topological polar surface area (TPSA) is 79.1 Å². The number of hydrogen-bond donors (Lipinski definition) is 1. The molecule has 0 amide bonds. The van der Waals surface area contributed by atoms with Gasteiger partial charge in [0.2, 0.25) is 0 Å². The van der Waals surface area contributed by atoms with Gasteiger partial charge in [-0.1, -0.05) is 12.1 Å². The van der Waals surface area contributed by atoms with Crippen molar-refractivity contribution in [1.29, 1.82) is 0 Å². The van der Waals surface area contributed by atoms with E-state index in [1.165, 1.54) is 18.2 Å². The van der Waals surface area contributed by atoms with Gasteiger partial charge in [-0.15, -0.1) is 9.25 Å². The third kappa shape index (κ3) is 2.58. The predicted molar refractivity (Wildman–Crippen MR) is 49.7 cm³/mol. The van der Waals surface area contributed by atoms with Gasteiger partial charge in [0.25, 0.3) is 10.1 Å². The van der Waals surface area contributed by atoms with Crippen molar-refractivity contribution in [3.8, 4) is 0 Å². The lowest BCUT2D eigenvalue weighted by Gasteiger charge is -1.98. The maximum Gasteiger partial charge on any atom is 0.296 e. The summed E-state index contributed by atoms with van der Waals surface area (Å²) >= 11 is 2.67. The van der Waals surface area contributed by atoms with Gasteiger partial charge in [0.15, 0.2) is 0 Å². The highest BCUT2D eigenvalue weighted by Gasteiger charge is 2.13. The van der Waals surface area contributed by atoms with Gasteiger partial charge in [-0.3, -0.25) is 4.55 Å². The Morgan fingerprint density at radius 1 is 1.31 bits per heavy atom. The second-order valence-electron chi connectivity index (χ2n) is 2.12. The molecule has 1 aromatic rings. The first kappa shape index (κ1) is 10.3. The Morgan fingerprint density at radius 3 is 2.46 bits per heavy atom. The normalized spacial score (nSPS) is 12.2. The molecule has 5 nitrogen and oxygen atoms in total. The summed E-state index contributed by atoms with van der Waals surface area (Å²) in [5.41, 5.74) is 0.0851. The lowest BCUT2D eigenvalue weighted by molar-refractivity contribution is 0.483. The van der Waals surface area contributed by atoms with Crippen molar-refractivity contribution in [2.75, 3.05) is 0 Å². The summed E-state index contributed by atoms with van der Waals surface area (Å²) in [4.78, 5) is -0.266. The van der Waals surface area contributed by atoms with Crippen LogP contribution in [0.5, 0.6) is 0 Å². The van der Waals surface area contributed by atoms with Crippen LogP contribution in [0.15, 0.2) is 38.4 Å². The molecule has 0 fully saturated rings. The lowest BCUT2D eigenvalue weighted by Crippen LogP contribution is -1.97. The van der Waals surface area contributed by atoms with Crippen molar-refractivity contribution in [2.45, 2.75) is 4.90 Å². The first-order valence-corrected chi connectivity index (χ1v) is 5.29. The van der Waals surface area contributed by atoms with Gasteiger partial charge in [0.1, 0.15) is 26.7 Å². The van der Waals surface area contributed by atoms with E-state index < -0.39 is 10.1 Å². The molecule has 0 aliphatic heterocycles. The molecule has 0 unspecified atom stereocenters. The molecule has 1 rings (SSSR count). The molecule has 0 saturated carbocycles. The Morgan fingerprint density at radius 2 is 1.92 bits per heavy atom. The van der Waals surface area contributed by atoms with Crippen molar-refractivity contribution in [3.05, 3.63) is 24.3 Å². The van der Waals surface area contributed by atoms with E-state index >= 15 is 0 Å². The van der Waals surface area contributed by atoms with Crippen LogP contribution in [0.1, 0.15) is 0 Å². The van der Waals surface area contributed by atoms with Gasteiger partial charge in [0.05, 0.1) is 0 Å². The molecule has 1 aromatic carbocycles. The Labute approximate surface area is 83.6 Å². The number of rotatable bonds is 2. The van der Waals surface area contributed by atoms with E-state index in [0.717, 1.165) is 0 Å². The zero-order chi connectivity index (χ0) is 9.90. The van der Waals surface area contributed by atoms with Crippen LogP contribution >= 0.6 is 16.1 Å². The van der Waals surface area contributed by atoms with Gasteiger partial charge in [-0.25, -0.2) is 0 Å². The van der Waals surface area contributed by atoms with Crippen LogP contribution < -0.4 is 0 Å². The molecule has 0 heterocycles. The second kappa shape index (κ2) is 3.95. The quantitative estimate of drug-likeness (QED) is 0.658. The van der Waals surface area contributed by atoms with E-state index in [2.05, 4.69) is 25.4 Å². The summed E-state index contributed by atoms with van der Waals surface area (Å²) in [5.74, 6) is 0. The van der Waals surface area contributed by atoms with Gasteiger partial charge >= 0.3 is 0 Å². The molecular formula is C6H5BrN2O3S. The van der Waals surface area contributed by atoms with Crippen molar-refractivity contribution < 1.29 is 13.0 Å². The molecule has 0 atom stereocenters. The molecule has 0 saturated heterocycles. The van der Waals surface area contributed by atoms with Gasteiger partial charge in [-0.2, -0.15) is 8.42 Å². The van der Waals surface area contributed by atoms with Crippen LogP contribution in [0.2, 0.25) is 0 Å². The Bertz CT molecular complexity index is 429. The standard InChI is InChI=1S/C6H5BrN2O3S/c7-9-8-5-3-1-2-4-6(5)13(10,11)12/h1-4H,(H,10,11,12). The van der Waals surface area contributed by atoms with Gasteiger partial charge in [0, 0.05) is 0 Å². The number of hydrogen-bond acceptors (Lipinski definition) is 4. The summed E-state index contributed by atoms with van der Waals surface area (Å²) in [6, 6.07) is 5.74. The van der Waals surface area contributed by atoms with Crippen LogP contribution in [0.4, 0.5) is 5.69 Å². The number of nitrogens with zero attached hydrogens (tertiary/aromatic N) is 2.